The number of pyridine rings is 1. The quantitative estimate of drug-likeness (QED) is 0.785. The number of nitrogens with two attached hydrogens (primary N) is 1. The van der Waals surface area contributed by atoms with Crippen LogP contribution in [0.5, 0.6) is 0 Å². The molecule has 0 atom stereocenters. The molecule has 1 amide bonds. The lowest BCUT2D eigenvalue weighted by Gasteiger charge is -2.32. The molecule has 0 saturated carbocycles. The molecule has 130 valence electrons. The summed E-state index contributed by atoms with van der Waals surface area (Å²) in [5, 5.41) is 0.523. The highest BCUT2D eigenvalue weighted by atomic mass is 35.5. The summed E-state index contributed by atoms with van der Waals surface area (Å²) >= 11 is 6.08. The van der Waals surface area contributed by atoms with Gasteiger partial charge in [0.15, 0.2) is 0 Å². The fraction of sp³-hybridized carbons (Fsp3) is 0.556. The summed E-state index contributed by atoms with van der Waals surface area (Å²) in [5.41, 5.74) is 5.92. The summed E-state index contributed by atoms with van der Waals surface area (Å²) < 4.78 is 5.40. The van der Waals surface area contributed by atoms with Gasteiger partial charge in [-0.15, -0.1) is 0 Å². The van der Waals surface area contributed by atoms with E-state index >= 15 is 0 Å². The average molecular weight is 350 g/mol. The van der Waals surface area contributed by atoms with Crippen LogP contribution in [-0.4, -0.2) is 34.7 Å². The van der Waals surface area contributed by atoms with Gasteiger partial charge in [-0.3, -0.25) is 0 Å². The number of likely N-dealkylation sites (tertiary alicyclic amines) is 1. The number of carbonyl (C=O) groups is 1. The van der Waals surface area contributed by atoms with Crippen molar-refractivity contribution in [2.24, 2.45) is 5.92 Å². The van der Waals surface area contributed by atoms with E-state index in [-0.39, 0.29) is 6.09 Å². The number of ether oxygens (including phenoxy) is 1. The van der Waals surface area contributed by atoms with Crippen LogP contribution in [0.15, 0.2) is 12.3 Å². The van der Waals surface area contributed by atoms with E-state index in [1.165, 1.54) is 0 Å². The number of halogens is 1. The molecule has 0 radical (unpaired) electrons. The first-order valence-electron chi connectivity index (χ1n) is 8.13. The Morgan fingerprint density at radius 2 is 2.12 bits per heavy atom. The van der Waals surface area contributed by atoms with Gasteiger partial charge in [0.05, 0.1) is 10.6 Å². The molecular formula is C18H24ClN3O2. The van der Waals surface area contributed by atoms with Gasteiger partial charge in [-0.2, -0.15) is 0 Å². The number of hydrogen-bond acceptors (Lipinski definition) is 4. The highest BCUT2D eigenvalue weighted by Gasteiger charge is 2.26. The molecule has 5 nitrogen and oxygen atoms in total. The monoisotopic (exact) mass is 349 g/mol. The zero-order chi connectivity index (χ0) is 17.7. The molecule has 2 rings (SSSR count). The van der Waals surface area contributed by atoms with E-state index in [1.54, 1.807) is 17.2 Å². The molecule has 2 heterocycles. The van der Waals surface area contributed by atoms with Crippen molar-refractivity contribution < 1.29 is 9.53 Å². The van der Waals surface area contributed by atoms with Gasteiger partial charge in [0, 0.05) is 25.7 Å². The second kappa shape index (κ2) is 7.76. The van der Waals surface area contributed by atoms with E-state index in [0.29, 0.717) is 35.4 Å². The smallest absolute Gasteiger partial charge is 0.410 e. The van der Waals surface area contributed by atoms with Crippen LogP contribution in [0.3, 0.4) is 0 Å². The molecule has 1 saturated heterocycles. The third-order valence-electron chi connectivity index (χ3n) is 3.80. The molecule has 1 aromatic heterocycles. The van der Waals surface area contributed by atoms with E-state index in [1.807, 2.05) is 20.8 Å². The summed E-state index contributed by atoms with van der Waals surface area (Å²) in [7, 11) is 0. The van der Waals surface area contributed by atoms with Crippen molar-refractivity contribution in [3.8, 4) is 11.8 Å². The first-order chi connectivity index (χ1) is 11.3. The van der Waals surface area contributed by atoms with E-state index in [0.717, 1.165) is 19.3 Å². The lowest BCUT2D eigenvalue weighted by molar-refractivity contribution is 0.0185. The Hall–Kier alpha value is -1.93. The number of rotatable bonds is 1. The van der Waals surface area contributed by atoms with Crippen molar-refractivity contribution in [3.63, 3.8) is 0 Å². The molecule has 2 N–H and O–H groups in total. The summed E-state index contributed by atoms with van der Waals surface area (Å²) in [6.45, 7) is 7.04. The third-order valence-corrected chi connectivity index (χ3v) is 4.11. The van der Waals surface area contributed by atoms with Crippen molar-refractivity contribution in [1.29, 1.82) is 0 Å². The molecule has 6 heteroatoms. The predicted molar refractivity (Wildman–Crippen MR) is 95.7 cm³/mol. The van der Waals surface area contributed by atoms with Gasteiger partial charge in [0.1, 0.15) is 11.4 Å². The van der Waals surface area contributed by atoms with Crippen LogP contribution >= 0.6 is 11.6 Å². The molecular weight excluding hydrogens is 326 g/mol. The fourth-order valence-corrected chi connectivity index (χ4v) is 2.71. The number of piperidine rings is 1. The Kier molecular flexibility index (Phi) is 5.95. The number of hydrogen-bond donors (Lipinski definition) is 1. The standard InChI is InChI=1S/C18H24ClN3O2/c1-18(2,3)24-17(23)22-11-8-13(9-12-22)5-4-6-14-15(19)7-10-21-16(14)20/h7,10,13H,5,8-9,11-12H2,1-3H3,(H2,20,21). The van der Waals surface area contributed by atoms with Crippen molar-refractivity contribution in [1.82, 2.24) is 9.88 Å². The molecule has 0 aromatic carbocycles. The zero-order valence-electron chi connectivity index (χ0n) is 14.4. The maximum atomic E-state index is 12.0. The molecule has 1 aliphatic rings. The van der Waals surface area contributed by atoms with Crippen LogP contribution < -0.4 is 5.73 Å². The summed E-state index contributed by atoms with van der Waals surface area (Å²) in [6, 6.07) is 1.68. The number of carbonyl (C=O) groups excluding carboxylic acids is 1. The lowest BCUT2D eigenvalue weighted by Crippen LogP contribution is -2.41. The van der Waals surface area contributed by atoms with Gasteiger partial charge >= 0.3 is 6.09 Å². The first-order valence-corrected chi connectivity index (χ1v) is 8.51. The van der Waals surface area contributed by atoms with Gasteiger partial charge in [0.2, 0.25) is 0 Å². The topological polar surface area (TPSA) is 68.5 Å². The summed E-state index contributed by atoms with van der Waals surface area (Å²) in [4.78, 5) is 17.8. The highest BCUT2D eigenvalue weighted by molar-refractivity contribution is 6.32. The number of anilines is 1. The fourth-order valence-electron chi connectivity index (χ4n) is 2.51. The van der Waals surface area contributed by atoms with Crippen molar-refractivity contribution in [3.05, 3.63) is 22.8 Å². The van der Waals surface area contributed by atoms with Gasteiger partial charge in [-0.1, -0.05) is 23.4 Å². The third kappa shape index (κ3) is 5.31. The Bertz CT molecular complexity index is 630. The zero-order valence-corrected chi connectivity index (χ0v) is 15.2. The van der Waals surface area contributed by atoms with Gasteiger partial charge in [-0.25, -0.2) is 9.78 Å². The summed E-state index contributed by atoms with van der Waals surface area (Å²) in [5.74, 6) is 6.99. The minimum absolute atomic E-state index is 0.234. The molecule has 0 spiro atoms. The van der Waals surface area contributed by atoms with Crippen LogP contribution in [0.4, 0.5) is 10.6 Å². The minimum Gasteiger partial charge on any atom is -0.444 e. The normalized spacial score (nSPS) is 15.6. The summed E-state index contributed by atoms with van der Waals surface area (Å²) in [6.07, 6.45) is 3.93. The van der Waals surface area contributed by atoms with Crippen LogP contribution in [-0.2, 0) is 4.74 Å². The van der Waals surface area contributed by atoms with Crippen molar-refractivity contribution >= 4 is 23.5 Å². The number of aromatic nitrogens is 1. The maximum Gasteiger partial charge on any atom is 0.410 e. The largest absolute Gasteiger partial charge is 0.444 e. The number of nitrogens with zero attached hydrogens (tertiary/aromatic N) is 2. The molecule has 0 unspecified atom stereocenters. The maximum absolute atomic E-state index is 12.0. The van der Waals surface area contributed by atoms with E-state index < -0.39 is 5.60 Å². The molecule has 1 fully saturated rings. The van der Waals surface area contributed by atoms with Gasteiger partial charge < -0.3 is 15.4 Å². The van der Waals surface area contributed by atoms with Gasteiger partial charge in [0.25, 0.3) is 0 Å². The van der Waals surface area contributed by atoms with Crippen LogP contribution in [0, 0.1) is 17.8 Å². The average Bonchev–Trinajstić information content (AvgIpc) is 2.49. The van der Waals surface area contributed by atoms with E-state index in [9.17, 15) is 4.79 Å². The van der Waals surface area contributed by atoms with Crippen molar-refractivity contribution in [2.45, 2.75) is 45.6 Å². The number of nitrogen functional groups attached to an aromatic ring is 1. The second-order valence-electron chi connectivity index (χ2n) is 6.97. The Balaban J connectivity index is 1.84. The van der Waals surface area contributed by atoms with E-state index in [2.05, 4.69) is 16.8 Å². The predicted octanol–water partition coefficient (Wildman–Crippen LogP) is 3.71. The second-order valence-corrected chi connectivity index (χ2v) is 7.38. The molecule has 24 heavy (non-hydrogen) atoms. The molecule has 1 aliphatic heterocycles. The lowest BCUT2D eigenvalue weighted by atomic mass is 9.94. The van der Waals surface area contributed by atoms with Crippen LogP contribution in [0.2, 0.25) is 5.02 Å². The van der Waals surface area contributed by atoms with Crippen molar-refractivity contribution in [2.75, 3.05) is 18.8 Å². The molecule has 1 aromatic rings. The highest BCUT2D eigenvalue weighted by Crippen LogP contribution is 2.23. The Morgan fingerprint density at radius 1 is 1.46 bits per heavy atom. The van der Waals surface area contributed by atoms with Gasteiger partial charge in [-0.05, 0) is 45.6 Å². The van der Waals surface area contributed by atoms with Crippen LogP contribution in [0.25, 0.3) is 0 Å². The minimum atomic E-state index is -0.456. The molecule has 0 bridgehead atoms. The SMILES string of the molecule is CC(C)(C)OC(=O)N1CCC(CC#Cc2c(Cl)ccnc2N)CC1. The van der Waals surface area contributed by atoms with E-state index in [4.69, 9.17) is 22.1 Å². The first kappa shape index (κ1) is 18.4. The van der Waals surface area contributed by atoms with Crippen LogP contribution in [0.1, 0.15) is 45.6 Å². The Morgan fingerprint density at radius 3 is 2.71 bits per heavy atom. The number of amides is 1. The molecule has 0 aliphatic carbocycles. The Labute approximate surface area is 148 Å².